The highest BCUT2D eigenvalue weighted by Gasteiger charge is 2.60. The van der Waals surface area contributed by atoms with E-state index >= 15 is 0 Å². The van der Waals surface area contributed by atoms with Crippen molar-refractivity contribution in [2.45, 2.75) is 25.5 Å². The third-order valence-electron chi connectivity index (χ3n) is 6.44. The van der Waals surface area contributed by atoms with Gasteiger partial charge in [-0.05, 0) is 60.5 Å². The molecular formula is C28H28N2O6. The normalized spacial score (nSPS) is 21.0. The van der Waals surface area contributed by atoms with Crippen LogP contribution in [-0.2, 0) is 14.4 Å². The van der Waals surface area contributed by atoms with Crippen LogP contribution in [0.4, 0.5) is 11.4 Å². The molecule has 0 radical (unpaired) electrons. The minimum Gasteiger partial charge on any atom is -0.494 e. The van der Waals surface area contributed by atoms with Gasteiger partial charge in [-0.1, -0.05) is 31.2 Å². The molecule has 186 valence electrons. The van der Waals surface area contributed by atoms with E-state index in [1.165, 1.54) is 4.90 Å². The fraction of sp³-hybridized carbons (Fsp3) is 0.286. The molecule has 0 saturated carbocycles. The molecule has 5 rings (SSSR count). The molecule has 2 amide bonds. The highest BCUT2D eigenvalue weighted by atomic mass is 16.7. The van der Waals surface area contributed by atoms with E-state index in [9.17, 15) is 9.59 Å². The predicted octanol–water partition coefficient (Wildman–Crippen LogP) is 4.54. The number of methoxy groups -OCH3 is 2. The number of imide groups is 1. The van der Waals surface area contributed by atoms with Gasteiger partial charge in [0, 0.05) is 0 Å². The number of anilines is 2. The number of amides is 2. The second kappa shape index (κ2) is 9.91. The summed E-state index contributed by atoms with van der Waals surface area (Å²) in [4.78, 5) is 34.7. The molecule has 0 aromatic heterocycles. The van der Waals surface area contributed by atoms with Crippen LogP contribution in [0.15, 0.2) is 72.8 Å². The summed E-state index contributed by atoms with van der Waals surface area (Å²) in [5.41, 5.74) is 2.01. The maximum atomic E-state index is 13.8. The highest BCUT2D eigenvalue weighted by Crippen LogP contribution is 2.48. The van der Waals surface area contributed by atoms with Crippen LogP contribution in [0, 0.1) is 5.92 Å². The Labute approximate surface area is 209 Å². The fourth-order valence-corrected chi connectivity index (χ4v) is 4.75. The summed E-state index contributed by atoms with van der Waals surface area (Å²) >= 11 is 0. The average Bonchev–Trinajstić information content (AvgIpc) is 3.43. The summed E-state index contributed by atoms with van der Waals surface area (Å²) in [6.45, 7) is 2.63. The molecule has 2 saturated heterocycles. The molecule has 2 aliphatic heterocycles. The summed E-state index contributed by atoms with van der Waals surface area (Å²) in [6.07, 6.45) is -0.0621. The van der Waals surface area contributed by atoms with Gasteiger partial charge in [0.15, 0.2) is 17.6 Å². The first-order valence-corrected chi connectivity index (χ1v) is 11.9. The van der Waals surface area contributed by atoms with Gasteiger partial charge in [-0.15, -0.1) is 0 Å². The quantitative estimate of drug-likeness (QED) is 0.431. The first kappa shape index (κ1) is 23.7. The third kappa shape index (κ3) is 4.03. The standard InChI is InChI=1S/C28H28N2O6/c1-4-16-35-21-13-11-19(12-14-21)29-27(31)24-25(18-10-15-22(33-2)23(17-18)34-3)30(36-26(24)28(29)32)20-8-6-5-7-9-20/h5-15,17,24-26H,4,16H2,1-3H3. The lowest BCUT2D eigenvalue weighted by atomic mass is 9.90. The lowest BCUT2D eigenvalue weighted by Gasteiger charge is -2.29. The number of hydroxylamine groups is 1. The molecular weight excluding hydrogens is 460 g/mol. The third-order valence-corrected chi connectivity index (χ3v) is 6.44. The summed E-state index contributed by atoms with van der Waals surface area (Å²) < 4.78 is 16.5. The van der Waals surface area contributed by atoms with Gasteiger partial charge in [0.05, 0.1) is 38.2 Å². The molecule has 2 fully saturated rings. The molecule has 3 unspecified atom stereocenters. The van der Waals surface area contributed by atoms with E-state index < -0.39 is 24.0 Å². The Kier molecular flexibility index (Phi) is 6.52. The average molecular weight is 489 g/mol. The SMILES string of the molecule is CCCOc1ccc(N2C(=O)C3ON(c4ccccc4)C(c4ccc(OC)c(OC)c4)C3C2=O)cc1. The Bertz CT molecular complexity index is 1250. The summed E-state index contributed by atoms with van der Waals surface area (Å²) in [6, 6.07) is 21.4. The van der Waals surface area contributed by atoms with Crippen molar-refractivity contribution in [2.75, 3.05) is 30.8 Å². The summed E-state index contributed by atoms with van der Waals surface area (Å²) in [7, 11) is 3.13. The van der Waals surface area contributed by atoms with Gasteiger partial charge >= 0.3 is 0 Å². The zero-order chi connectivity index (χ0) is 25.2. The van der Waals surface area contributed by atoms with E-state index in [0.717, 1.165) is 17.7 Å². The van der Waals surface area contributed by atoms with Crippen molar-refractivity contribution in [1.82, 2.24) is 0 Å². The number of carbonyl (C=O) groups is 2. The second-order valence-corrected chi connectivity index (χ2v) is 8.63. The Balaban J connectivity index is 1.52. The number of benzene rings is 3. The molecule has 0 aliphatic carbocycles. The van der Waals surface area contributed by atoms with E-state index in [1.54, 1.807) is 49.6 Å². The monoisotopic (exact) mass is 488 g/mol. The molecule has 3 aromatic carbocycles. The van der Waals surface area contributed by atoms with Gasteiger partial charge in [0.2, 0.25) is 5.91 Å². The van der Waals surface area contributed by atoms with Crippen molar-refractivity contribution in [2.24, 2.45) is 5.92 Å². The number of ether oxygens (including phenoxy) is 3. The maximum Gasteiger partial charge on any atom is 0.266 e. The van der Waals surface area contributed by atoms with E-state index in [-0.39, 0.29) is 5.91 Å². The van der Waals surface area contributed by atoms with Crippen molar-refractivity contribution in [3.63, 3.8) is 0 Å². The van der Waals surface area contributed by atoms with E-state index in [0.29, 0.717) is 29.5 Å². The van der Waals surface area contributed by atoms with E-state index in [4.69, 9.17) is 19.0 Å². The van der Waals surface area contributed by atoms with Gasteiger partial charge in [-0.2, -0.15) is 0 Å². The smallest absolute Gasteiger partial charge is 0.266 e. The summed E-state index contributed by atoms with van der Waals surface area (Å²) in [5.74, 6) is 0.342. The van der Waals surface area contributed by atoms with Gasteiger partial charge < -0.3 is 14.2 Å². The minimum absolute atomic E-state index is 0.314. The Morgan fingerprint density at radius 1 is 0.833 bits per heavy atom. The van der Waals surface area contributed by atoms with Crippen LogP contribution >= 0.6 is 0 Å². The second-order valence-electron chi connectivity index (χ2n) is 8.63. The maximum absolute atomic E-state index is 13.8. The van der Waals surface area contributed by atoms with Crippen LogP contribution in [0.2, 0.25) is 0 Å². The van der Waals surface area contributed by atoms with Gasteiger partial charge in [-0.25, -0.2) is 9.96 Å². The van der Waals surface area contributed by atoms with Gasteiger partial charge in [0.1, 0.15) is 11.7 Å². The van der Waals surface area contributed by atoms with Crippen molar-refractivity contribution < 1.29 is 28.6 Å². The number of hydrogen-bond donors (Lipinski definition) is 0. The molecule has 8 heteroatoms. The molecule has 36 heavy (non-hydrogen) atoms. The zero-order valence-electron chi connectivity index (χ0n) is 20.4. The van der Waals surface area contributed by atoms with Crippen LogP contribution in [0.3, 0.4) is 0 Å². The number of carbonyl (C=O) groups excluding carboxylic acids is 2. The van der Waals surface area contributed by atoms with Crippen LogP contribution in [0.1, 0.15) is 24.9 Å². The predicted molar refractivity (Wildman–Crippen MR) is 134 cm³/mol. The summed E-state index contributed by atoms with van der Waals surface area (Å²) in [5, 5.41) is 1.66. The number of para-hydroxylation sites is 1. The van der Waals surface area contributed by atoms with Crippen LogP contribution in [0.5, 0.6) is 17.2 Å². The molecule has 8 nitrogen and oxygen atoms in total. The van der Waals surface area contributed by atoms with Crippen LogP contribution in [-0.4, -0.2) is 38.7 Å². The number of rotatable bonds is 8. The molecule has 0 spiro atoms. The molecule has 3 atom stereocenters. The van der Waals surface area contributed by atoms with Crippen LogP contribution in [0.25, 0.3) is 0 Å². The van der Waals surface area contributed by atoms with Gasteiger partial charge in [0.25, 0.3) is 5.91 Å². The largest absolute Gasteiger partial charge is 0.494 e. The first-order valence-electron chi connectivity index (χ1n) is 11.9. The number of hydrogen-bond acceptors (Lipinski definition) is 7. The molecule has 0 N–H and O–H groups in total. The zero-order valence-corrected chi connectivity index (χ0v) is 20.4. The van der Waals surface area contributed by atoms with Gasteiger partial charge in [-0.3, -0.25) is 14.4 Å². The number of nitrogens with zero attached hydrogens (tertiary/aromatic N) is 2. The molecule has 2 heterocycles. The lowest BCUT2D eigenvalue weighted by molar-refractivity contribution is -0.126. The number of fused-ring (bicyclic) bond motifs is 1. The molecule has 0 bridgehead atoms. The minimum atomic E-state index is -0.952. The van der Waals surface area contributed by atoms with Crippen molar-refractivity contribution in [3.05, 3.63) is 78.4 Å². The van der Waals surface area contributed by atoms with E-state index in [1.807, 2.05) is 49.4 Å². The van der Waals surface area contributed by atoms with Crippen molar-refractivity contribution in [3.8, 4) is 17.2 Å². The van der Waals surface area contributed by atoms with Crippen LogP contribution < -0.4 is 24.2 Å². The topological polar surface area (TPSA) is 77.5 Å². The van der Waals surface area contributed by atoms with Crippen molar-refractivity contribution in [1.29, 1.82) is 0 Å². The van der Waals surface area contributed by atoms with E-state index in [2.05, 4.69) is 0 Å². The fourth-order valence-electron chi connectivity index (χ4n) is 4.75. The molecule has 3 aromatic rings. The lowest BCUT2D eigenvalue weighted by Crippen LogP contribution is -2.37. The highest BCUT2D eigenvalue weighted by molar-refractivity contribution is 6.23. The van der Waals surface area contributed by atoms with Crippen molar-refractivity contribution >= 4 is 23.2 Å². The Morgan fingerprint density at radius 3 is 2.22 bits per heavy atom. The Morgan fingerprint density at radius 2 is 1.56 bits per heavy atom. The first-order chi connectivity index (χ1) is 17.6. The molecule has 2 aliphatic rings. The Hall–Kier alpha value is -4.04.